The SMILES string of the molecule is CNCc1cc(S(=O)(=O)Nc2cc(F)ccc2C)cs1. The first-order valence-electron chi connectivity index (χ1n) is 5.93. The molecular weight excluding hydrogens is 299 g/mol. The summed E-state index contributed by atoms with van der Waals surface area (Å²) in [5, 5.41) is 4.53. The van der Waals surface area contributed by atoms with Gasteiger partial charge in [-0.3, -0.25) is 4.72 Å². The number of thiophene rings is 1. The van der Waals surface area contributed by atoms with Gasteiger partial charge in [-0.2, -0.15) is 0 Å². The van der Waals surface area contributed by atoms with Crippen molar-refractivity contribution in [3.05, 3.63) is 45.9 Å². The number of aryl methyl sites for hydroxylation is 1. The van der Waals surface area contributed by atoms with Crippen LogP contribution in [0, 0.1) is 12.7 Å². The minimum atomic E-state index is -3.68. The zero-order chi connectivity index (χ0) is 14.8. The van der Waals surface area contributed by atoms with Gasteiger partial charge in [0.1, 0.15) is 5.82 Å². The molecule has 0 aliphatic heterocycles. The molecule has 2 rings (SSSR count). The molecule has 0 amide bonds. The van der Waals surface area contributed by atoms with Gasteiger partial charge in [-0.15, -0.1) is 11.3 Å². The molecule has 0 fully saturated rings. The third kappa shape index (κ3) is 3.36. The van der Waals surface area contributed by atoms with E-state index in [2.05, 4.69) is 10.0 Å². The van der Waals surface area contributed by atoms with Gasteiger partial charge in [0, 0.05) is 16.8 Å². The predicted octanol–water partition coefficient (Wildman–Crippen LogP) is 2.72. The summed E-state index contributed by atoms with van der Waals surface area (Å²) in [4.78, 5) is 1.11. The molecule has 2 N–H and O–H groups in total. The molecule has 2 aromatic rings. The number of hydrogen-bond donors (Lipinski definition) is 2. The van der Waals surface area contributed by atoms with Crippen molar-refractivity contribution in [2.45, 2.75) is 18.4 Å². The second-order valence-electron chi connectivity index (χ2n) is 4.34. The molecule has 0 aliphatic carbocycles. The highest BCUT2D eigenvalue weighted by molar-refractivity contribution is 7.92. The summed E-state index contributed by atoms with van der Waals surface area (Å²) in [5.74, 6) is -0.477. The van der Waals surface area contributed by atoms with Gasteiger partial charge >= 0.3 is 0 Å². The lowest BCUT2D eigenvalue weighted by atomic mass is 10.2. The van der Waals surface area contributed by atoms with Crippen LogP contribution < -0.4 is 10.0 Å². The highest BCUT2D eigenvalue weighted by atomic mass is 32.2. The standard InChI is InChI=1S/C13H15FN2O2S2/c1-9-3-4-10(14)5-13(9)16-20(17,18)12-6-11(7-15-2)19-8-12/h3-6,8,15-16H,7H2,1-2H3. The van der Waals surface area contributed by atoms with Crippen LogP contribution in [-0.2, 0) is 16.6 Å². The van der Waals surface area contributed by atoms with Gasteiger partial charge in [0.25, 0.3) is 10.0 Å². The van der Waals surface area contributed by atoms with E-state index in [1.807, 2.05) is 0 Å². The Bertz CT molecular complexity index is 711. The van der Waals surface area contributed by atoms with Gasteiger partial charge in [-0.1, -0.05) is 6.07 Å². The van der Waals surface area contributed by atoms with E-state index in [0.717, 1.165) is 4.88 Å². The smallest absolute Gasteiger partial charge is 0.262 e. The summed E-state index contributed by atoms with van der Waals surface area (Å²) in [6.07, 6.45) is 0. The van der Waals surface area contributed by atoms with E-state index in [0.29, 0.717) is 12.1 Å². The summed E-state index contributed by atoms with van der Waals surface area (Å²) in [7, 11) is -1.89. The van der Waals surface area contributed by atoms with Crippen LogP contribution in [0.25, 0.3) is 0 Å². The summed E-state index contributed by atoms with van der Waals surface area (Å²) in [6.45, 7) is 2.33. The fraction of sp³-hybridized carbons (Fsp3) is 0.231. The molecule has 108 valence electrons. The van der Waals surface area contributed by atoms with Gasteiger partial charge in [0.2, 0.25) is 0 Å². The fourth-order valence-electron chi connectivity index (χ4n) is 1.68. The second kappa shape index (κ2) is 5.90. The maximum Gasteiger partial charge on any atom is 0.262 e. The molecule has 0 bridgehead atoms. The zero-order valence-electron chi connectivity index (χ0n) is 11.1. The Morgan fingerprint density at radius 3 is 2.75 bits per heavy atom. The molecule has 0 saturated carbocycles. The molecule has 0 unspecified atom stereocenters. The van der Waals surface area contributed by atoms with Gasteiger partial charge in [-0.05, 0) is 37.7 Å². The van der Waals surface area contributed by atoms with E-state index < -0.39 is 15.8 Å². The predicted molar refractivity (Wildman–Crippen MR) is 79.0 cm³/mol. The van der Waals surface area contributed by atoms with E-state index in [1.165, 1.54) is 29.5 Å². The maximum atomic E-state index is 13.2. The van der Waals surface area contributed by atoms with Crippen LogP contribution in [0.1, 0.15) is 10.4 Å². The lowest BCUT2D eigenvalue weighted by molar-refractivity contribution is 0.601. The van der Waals surface area contributed by atoms with Crippen LogP contribution in [0.15, 0.2) is 34.5 Å². The summed E-state index contributed by atoms with van der Waals surface area (Å²) in [6, 6.07) is 5.61. The number of anilines is 1. The molecule has 0 atom stereocenters. The lowest BCUT2D eigenvalue weighted by Crippen LogP contribution is -2.13. The molecule has 1 heterocycles. The Labute approximate surface area is 121 Å². The normalized spacial score (nSPS) is 11.6. The Morgan fingerprint density at radius 1 is 1.30 bits per heavy atom. The average Bonchev–Trinajstić information content (AvgIpc) is 2.83. The number of rotatable bonds is 5. The van der Waals surface area contributed by atoms with E-state index in [9.17, 15) is 12.8 Å². The van der Waals surface area contributed by atoms with Gasteiger partial charge in [-0.25, -0.2) is 12.8 Å². The molecule has 7 heteroatoms. The highest BCUT2D eigenvalue weighted by Gasteiger charge is 2.17. The van der Waals surface area contributed by atoms with Gasteiger partial charge in [0.05, 0.1) is 10.6 Å². The quantitative estimate of drug-likeness (QED) is 0.892. The molecule has 0 aliphatic rings. The number of hydrogen-bond acceptors (Lipinski definition) is 4. The lowest BCUT2D eigenvalue weighted by Gasteiger charge is -2.09. The molecule has 0 saturated heterocycles. The van der Waals surface area contributed by atoms with Crippen molar-refractivity contribution in [1.29, 1.82) is 0 Å². The van der Waals surface area contributed by atoms with Crippen molar-refractivity contribution >= 4 is 27.0 Å². The van der Waals surface area contributed by atoms with Crippen molar-refractivity contribution in [3.63, 3.8) is 0 Å². The number of nitrogens with one attached hydrogen (secondary N) is 2. The Hall–Kier alpha value is -1.44. The first-order valence-corrected chi connectivity index (χ1v) is 8.29. The van der Waals surface area contributed by atoms with Crippen LogP contribution in [0.5, 0.6) is 0 Å². The van der Waals surface area contributed by atoms with Crippen LogP contribution >= 0.6 is 11.3 Å². The number of halogens is 1. The van der Waals surface area contributed by atoms with Crippen molar-refractivity contribution in [1.82, 2.24) is 5.32 Å². The minimum Gasteiger partial charge on any atom is -0.315 e. The van der Waals surface area contributed by atoms with Crippen molar-refractivity contribution in [3.8, 4) is 0 Å². The Balaban J connectivity index is 2.28. The molecular formula is C13H15FN2O2S2. The molecule has 1 aromatic heterocycles. The topological polar surface area (TPSA) is 58.2 Å². The number of sulfonamides is 1. The third-order valence-corrected chi connectivity index (χ3v) is 5.17. The van der Waals surface area contributed by atoms with Crippen molar-refractivity contribution in [2.75, 3.05) is 11.8 Å². The summed E-state index contributed by atoms with van der Waals surface area (Å²) in [5.41, 5.74) is 0.923. The summed E-state index contributed by atoms with van der Waals surface area (Å²) >= 11 is 1.36. The van der Waals surface area contributed by atoms with E-state index in [-0.39, 0.29) is 10.6 Å². The van der Waals surface area contributed by atoms with Crippen LogP contribution in [-0.4, -0.2) is 15.5 Å². The monoisotopic (exact) mass is 314 g/mol. The average molecular weight is 314 g/mol. The maximum absolute atomic E-state index is 13.2. The Kier molecular flexibility index (Phi) is 4.42. The molecule has 1 aromatic carbocycles. The molecule has 0 radical (unpaired) electrons. The van der Waals surface area contributed by atoms with Crippen LogP contribution in [0.4, 0.5) is 10.1 Å². The van der Waals surface area contributed by atoms with E-state index >= 15 is 0 Å². The van der Waals surface area contributed by atoms with Gasteiger partial charge < -0.3 is 5.32 Å². The Morgan fingerprint density at radius 2 is 2.05 bits per heavy atom. The van der Waals surface area contributed by atoms with Gasteiger partial charge in [0.15, 0.2) is 0 Å². The van der Waals surface area contributed by atoms with E-state index in [1.54, 1.807) is 25.4 Å². The van der Waals surface area contributed by atoms with Crippen molar-refractivity contribution < 1.29 is 12.8 Å². The number of benzene rings is 1. The largest absolute Gasteiger partial charge is 0.315 e. The first-order chi connectivity index (χ1) is 9.42. The third-order valence-electron chi connectivity index (χ3n) is 2.73. The van der Waals surface area contributed by atoms with Crippen LogP contribution in [0.3, 0.4) is 0 Å². The zero-order valence-corrected chi connectivity index (χ0v) is 12.7. The minimum absolute atomic E-state index is 0.191. The van der Waals surface area contributed by atoms with Crippen molar-refractivity contribution in [2.24, 2.45) is 0 Å². The highest BCUT2D eigenvalue weighted by Crippen LogP contribution is 2.24. The van der Waals surface area contributed by atoms with E-state index in [4.69, 9.17) is 0 Å². The molecule has 0 spiro atoms. The first kappa shape index (κ1) is 15.0. The second-order valence-corrected chi connectivity index (χ2v) is 7.02. The fourth-order valence-corrected chi connectivity index (χ4v) is 4.08. The molecule has 4 nitrogen and oxygen atoms in total. The molecule has 20 heavy (non-hydrogen) atoms. The summed E-state index contributed by atoms with van der Waals surface area (Å²) < 4.78 is 40.1. The van der Waals surface area contributed by atoms with Crippen LogP contribution in [0.2, 0.25) is 0 Å².